The van der Waals surface area contributed by atoms with Gasteiger partial charge in [-0.25, -0.2) is 0 Å². The number of H-pyrrole nitrogens is 1. The highest BCUT2D eigenvalue weighted by atomic mass is 16.2. The van der Waals surface area contributed by atoms with Gasteiger partial charge in [-0.2, -0.15) is 5.10 Å². The second kappa shape index (κ2) is 8.54. The Morgan fingerprint density at radius 2 is 1.93 bits per heavy atom. The van der Waals surface area contributed by atoms with Crippen molar-refractivity contribution < 1.29 is 9.59 Å². The Balaban J connectivity index is 1.38. The van der Waals surface area contributed by atoms with Crippen LogP contribution in [0.15, 0.2) is 30.5 Å². The van der Waals surface area contributed by atoms with Crippen molar-refractivity contribution >= 4 is 11.8 Å². The van der Waals surface area contributed by atoms with Crippen LogP contribution in [0.1, 0.15) is 55.4 Å². The van der Waals surface area contributed by atoms with E-state index in [1.807, 2.05) is 18.2 Å². The number of piperidine rings is 1. The summed E-state index contributed by atoms with van der Waals surface area (Å²) in [5.74, 6) is -0.133. The average molecular weight is 381 g/mol. The van der Waals surface area contributed by atoms with Crippen LogP contribution >= 0.6 is 0 Å². The zero-order valence-electron chi connectivity index (χ0n) is 16.1. The Hall–Kier alpha value is -2.70. The topological polar surface area (TPSA) is 91.0 Å². The molecule has 2 aromatic heterocycles. The minimum atomic E-state index is -0.127. The van der Waals surface area contributed by atoms with Gasteiger partial charge in [-0.15, -0.1) is 0 Å². The number of likely N-dealkylation sites (tertiary alicyclic amines) is 1. The molecule has 28 heavy (non-hydrogen) atoms. The standard InChI is InChI=1S/C21H27N5O2/c27-20(23-16-8-2-1-3-9-16)15-7-6-12-26(14-15)21(28)19-13-18(24-25-19)17-10-4-5-11-22-17/h4-5,10-11,13,15-16H,1-3,6-9,12,14H2,(H,23,27)(H,24,25)/t15-/m1/s1. The van der Waals surface area contributed by atoms with Crippen LogP contribution in [0.25, 0.3) is 11.4 Å². The van der Waals surface area contributed by atoms with Crippen molar-refractivity contribution in [3.05, 3.63) is 36.2 Å². The maximum Gasteiger partial charge on any atom is 0.271 e. The van der Waals surface area contributed by atoms with Crippen molar-refractivity contribution in [3.8, 4) is 11.4 Å². The fourth-order valence-corrected chi connectivity index (χ4v) is 4.19. The number of amides is 2. The summed E-state index contributed by atoms with van der Waals surface area (Å²) in [6.07, 6.45) is 9.18. The summed E-state index contributed by atoms with van der Waals surface area (Å²) in [5, 5.41) is 10.3. The summed E-state index contributed by atoms with van der Waals surface area (Å²) in [7, 11) is 0. The van der Waals surface area contributed by atoms with Crippen LogP contribution in [0.2, 0.25) is 0 Å². The van der Waals surface area contributed by atoms with Crippen molar-refractivity contribution in [2.75, 3.05) is 13.1 Å². The molecule has 3 heterocycles. The summed E-state index contributed by atoms with van der Waals surface area (Å²) < 4.78 is 0. The summed E-state index contributed by atoms with van der Waals surface area (Å²) in [6, 6.07) is 7.63. The predicted octanol–water partition coefficient (Wildman–Crippen LogP) is 2.77. The van der Waals surface area contributed by atoms with Crippen molar-refractivity contribution in [1.29, 1.82) is 0 Å². The molecule has 1 saturated carbocycles. The first-order chi connectivity index (χ1) is 13.7. The molecule has 1 saturated heterocycles. The molecule has 1 atom stereocenters. The van der Waals surface area contributed by atoms with E-state index in [0.29, 0.717) is 30.5 Å². The third-order valence-corrected chi connectivity index (χ3v) is 5.77. The van der Waals surface area contributed by atoms with Gasteiger partial charge in [0.25, 0.3) is 5.91 Å². The lowest BCUT2D eigenvalue weighted by Gasteiger charge is -2.33. The molecule has 1 aliphatic heterocycles. The molecule has 4 rings (SSSR count). The van der Waals surface area contributed by atoms with E-state index in [9.17, 15) is 9.59 Å². The smallest absolute Gasteiger partial charge is 0.271 e. The number of carbonyl (C=O) groups is 2. The fourth-order valence-electron chi connectivity index (χ4n) is 4.19. The number of aromatic amines is 1. The highest BCUT2D eigenvalue weighted by Crippen LogP contribution is 2.22. The zero-order valence-corrected chi connectivity index (χ0v) is 16.1. The van der Waals surface area contributed by atoms with Gasteiger partial charge in [0.1, 0.15) is 11.4 Å². The molecule has 2 fully saturated rings. The highest BCUT2D eigenvalue weighted by molar-refractivity contribution is 5.93. The zero-order chi connectivity index (χ0) is 19.3. The lowest BCUT2D eigenvalue weighted by atomic mass is 9.93. The molecule has 7 heteroatoms. The maximum atomic E-state index is 12.9. The first kappa shape index (κ1) is 18.7. The van der Waals surface area contributed by atoms with Crippen LogP contribution in [0.4, 0.5) is 0 Å². The third kappa shape index (κ3) is 4.24. The van der Waals surface area contributed by atoms with Gasteiger partial charge in [-0.1, -0.05) is 25.3 Å². The van der Waals surface area contributed by atoms with Gasteiger partial charge in [-0.05, 0) is 43.9 Å². The largest absolute Gasteiger partial charge is 0.353 e. The summed E-state index contributed by atoms with van der Waals surface area (Å²) in [4.78, 5) is 31.6. The fraction of sp³-hybridized carbons (Fsp3) is 0.524. The van der Waals surface area contributed by atoms with Crippen LogP contribution in [0.3, 0.4) is 0 Å². The summed E-state index contributed by atoms with van der Waals surface area (Å²) in [5.41, 5.74) is 1.81. The molecule has 148 valence electrons. The minimum Gasteiger partial charge on any atom is -0.353 e. The Labute approximate surface area is 164 Å². The van der Waals surface area contributed by atoms with E-state index >= 15 is 0 Å². The maximum absolute atomic E-state index is 12.9. The van der Waals surface area contributed by atoms with Gasteiger partial charge in [0, 0.05) is 25.3 Å². The molecular formula is C21H27N5O2. The van der Waals surface area contributed by atoms with E-state index in [4.69, 9.17) is 0 Å². The lowest BCUT2D eigenvalue weighted by molar-refractivity contribution is -0.127. The molecule has 2 aliphatic rings. The number of carbonyl (C=O) groups excluding carboxylic acids is 2. The minimum absolute atomic E-state index is 0.100. The first-order valence-corrected chi connectivity index (χ1v) is 10.3. The van der Waals surface area contributed by atoms with Gasteiger partial charge < -0.3 is 10.2 Å². The number of pyridine rings is 1. The molecule has 2 N–H and O–H groups in total. The number of rotatable bonds is 4. The molecule has 0 spiro atoms. The molecule has 2 aromatic rings. The number of nitrogens with one attached hydrogen (secondary N) is 2. The van der Waals surface area contributed by atoms with Gasteiger partial charge in [0.2, 0.25) is 5.91 Å². The van der Waals surface area contributed by atoms with Gasteiger partial charge >= 0.3 is 0 Å². The van der Waals surface area contributed by atoms with Crippen LogP contribution in [-0.4, -0.2) is 51.0 Å². The molecule has 2 amide bonds. The molecule has 0 radical (unpaired) electrons. The van der Waals surface area contributed by atoms with E-state index in [2.05, 4.69) is 20.5 Å². The number of hydrogen-bond acceptors (Lipinski definition) is 4. The van der Waals surface area contributed by atoms with Crippen molar-refractivity contribution in [1.82, 2.24) is 25.4 Å². The second-order valence-electron chi connectivity index (χ2n) is 7.82. The Bertz CT molecular complexity index is 813. The van der Waals surface area contributed by atoms with Crippen molar-refractivity contribution in [2.45, 2.75) is 51.0 Å². The summed E-state index contributed by atoms with van der Waals surface area (Å²) in [6.45, 7) is 1.14. The highest BCUT2D eigenvalue weighted by Gasteiger charge is 2.31. The normalized spacial score (nSPS) is 20.7. The van der Waals surface area contributed by atoms with E-state index in [0.717, 1.165) is 31.4 Å². The first-order valence-electron chi connectivity index (χ1n) is 10.3. The van der Waals surface area contributed by atoms with Crippen LogP contribution in [0.5, 0.6) is 0 Å². The van der Waals surface area contributed by atoms with Crippen molar-refractivity contribution in [2.24, 2.45) is 5.92 Å². The Kier molecular flexibility index (Phi) is 5.69. The molecule has 0 aromatic carbocycles. The van der Waals surface area contributed by atoms with E-state index < -0.39 is 0 Å². The molecule has 0 unspecified atom stereocenters. The van der Waals surface area contributed by atoms with Gasteiger partial charge in [0.05, 0.1) is 11.6 Å². The second-order valence-corrected chi connectivity index (χ2v) is 7.82. The third-order valence-electron chi connectivity index (χ3n) is 5.77. The Morgan fingerprint density at radius 3 is 2.71 bits per heavy atom. The van der Waals surface area contributed by atoms with Crippen LogP contribution in [0, 0.1) is 5.92 Å². The molecular weight excluding hydrogens is 354 g/mol. The van der Waals surface area contributed by atoms with E-state index in [-0.39, 0.29) is 17.7 Å². The van der Waals surface area contributed by atoms with E-state index in [1.165, 1.54) is 19.3 Å². The average Bonchev–Trinajstić information content (AvgIpc) is 3.25. The predicted molar refractivity (Wildman–Crippen MR) is 105 cm³/mol. The number of nitrogens with zero attached hydrogens (tertiary/aromatic N) is 3. The van der Waals surface area contributed by atoms with Gasteiger partial charge in [0.15, 0.2) is 0 Å². The summed E-state index contributed by atoms with van der Waals surface area (Å²) >= 11 is 0. The molecule has 0 bridgehead atoms. The molecule has 7 nitrogen and oxygen atoms in total. The van der Waals surface area contributed by atoms with E-state index in [1.54, 1.807) is 17.2 Å². The van der Waals surface area contributed by atoms with Crippen molar-refractivity contribution in [3.63, 3.8) is 0 Å². The Morgan fingerprint density at radius 1 is 1.07 bits per heavy atom. The quantitative estimate of drug-likeness (QED) is 0.852. The monoisotopic (exact) mass is 381 g/mol. The van der Waals surface area contributed by atoms with Gasteiger partial charge in [-0.3, -0.25) is 19.7 Å². The van der Waals surface area contributed by atoms with Crippen LogP contribution in [-0.2, 0) is 4.79 Å². The number of aromatic nitrogens is 3. The number of hydrogen-bond donors (Lipinski definition) is 2. The SMILES string of the molecule is O=C(NC1CCCCC1)[C@@H]1CCCN(C(=O)c2cc(-c3ccccn3)n[nH]2)C1. The lowest BCUT2D eigenvalue weighted by Crippen LogP contribution is -2.48. The van der Waals surface area contributed by atoms with Crippen LogP contribution < -0.4 is 5.32 Å². The molecule has 1 aliphatic carbocycles.